The van der Waals surface area contributed by atoms with Gasteiger partial charge in [-0.25, -0.2) is 0 Å². The highest BCUT2D eigenvalue weighted by Crippen LogP contribution is 2.04. The minimum atomic E-state index is -0.982. The molecular weight excluding hydrogens is 196 g/mol. The number of hydrogen-bond donors (Lipinski definition) is 2. The van der Waals surface area contributed by atoms with E-state index in [1.165, 1.54) is 0 Å². The van der Waals surface area contributed by atoms with Gasteiger partial charge in [0, 0.05) is 13.2 Å². The van der Waals surface area contributed by atoms with Gasteiger partial charge in [-0.15, -0.1) is 0 Å². The van der Waals surface area contributed by atoms with Gasteiger partial charge in [-0.3, -0.25) is 4.79 Å². The third-order valence-electron chi connectivity index (χ3n) is 2.05. The fraction of sp³-hybridized carbons (Fsp3) is 0.900. The molecule has 0 aromatic heterocycles. The highest BCUT2D eigenvalue weighted by Gasteiger charge is 2.24. The Labute approximate surface area is 91.1 Å². The van der Waals surface area contributed by atoms with Gasteiger partial charge in [-0.05, 0) is 19.8 Å². The van der Waals surface area contributed by atoms with Crippen LogP contribution in [0.4, 0.5) is 0 Å². The Hall–Kier alpha value is -0.650. The van der Waals surface area contributed by atoms with Gasteiger partial charge < -0.3 is 20.9 Å². The molecule has 90 valence electrons. The third-order valence-corrected chi connectivity index (χ3v) is 2.05. The van der Waals surface area contributed by atoms with E-state index >= 15 is 0 Å². The van der Waals surface area contributed by atoms with Crippen LogP contribution in [0.25, 0.3) is 0 Å². The van der Waals surface area contributed by atoms with Gasteiger partial charge >= 0.3 is 0 Å². The van der Waals surface area contributed by atoms with Gasteiger partial charge in [-0.1, -0.05) is 6.92 Å². The Morgan fingerprint density at radius 1 is 1.20 bits per heavy atom. The zero-order valence-electron chi connectivity index (χ0n) is 9.62. The number of nitrogens with two attached hydrogens (primary N) is 2. The quantitative estimate of drug-likeness (QED) is 0.534. The van der Waals surface area contributed by atoms with E-state index in [4.69, 9.17) is 20.9 Å². The summed E-state index contributed by atoms with van der Waals surface area (Å²) in [6.07, 6.45) is 1.43. The van der Waals surface area contributed by atoms with Crippen LogP contribution in [-0.2, 0) is 14.3 Å². The van der Waals surface area contributed by atoms with Crippen molar-refractivity contribution in [3.05, 3.63) is 0 Å². The lowest BCUT2D eigenvalue weighted by Gasteiger charge is -2.19. The first-order valence-electron chi connectivity index (χ1n) is 5.25. The van der Waals surface area contributed by atoms with Gasteiger partial charge in [0.15, 0.2) is 0 Å². The van der Waals surface area contributed by atoms with Crippen LogP contribution in [0.1, 0.15) is 26.7 Å². The first-order valence-corrected chi connectivity index (χ1v) is 5.25. The van der Waals surface area contributed by atoms with Crippen LogP contribution in [0.5, 0.6) is 0 Å². The molecule has 0 saturated carbocycles. The van der Waals surface area contributed by atoms with Crippen molar-refractivity contribution >= 4 is 5.91 Å². The van der Waals surface area contributed by atoms with Gasteiger partial charge in [-0.2, -0.15) is 0 Å². The van der Waals surface area contributed by atoms with Crippen LogP contribution in [0.2, 0.25) is 0 Å². The first kappa shape index (κ1) is 14.3. The second-order valence-electron chi connectivity index (χ2n) is 3.76. The molecule has 15 heavy (non-hydrogen) atoms. The Kier molecular flexibility index (Phi) is 7.29. The Balaban J connectivity index is 3.35. The van der Waals surface area contributed by atoms with E-state index in [0.717, 1.165) is 13.0 Å². The average molecular weight is 218 g/mol. The number of carbonyl (C=O) groups is 1. The summed E-state index contributed by atoms with van der Waals surface area (Å²) in [4.78, 5) is 10.8. The van der Waals surface area contributed by atoms with Gasteiger partial charge in [0.05, 0.1) is 18.8 Å². The minimum absolute atomic E-state index is 0.422. The van der Waals surface area contributed by atoms with Crippen molar-refractivity contribution in [2.45, 2.75) is 32.2 Å². The highest BCUT2D eigenvalue weighted by molar-refractivity contribution is 5.83. The van der Waals surface area contributed by atoms with Crippen LogP contribution in [0, 0.1) is 0 Å². The Bertz CT molecular complexity index is 184. The van der Waals surface area contributed by atoms with Crippen LogP contribution >= 0.6 is 0 Å². The SMILES string of the molecule is CCCOCCOCCC(C)(N)C(N)=O. The molecule has 1 atom stereocenters. The summed E-state index contributed by atoms with van der Waals surface area (Å²) < 4.78 is 10.5. The summed E-state index contributed by atoms with van der Waals surface area (Å²) in [6, 6.07) is 0. The third kappa shape index (κ3) is 7.30. The van der Waals surface area contributed by atoms with Crippen LogP contribution in [0.3, 0.4) is 0 Å². The maximum atomic E-state index is 10.8. The Morgan fingerprint density at radius 2 is 1.73 bits per heavy atom. The predicted octanol–water partition coefficient (Wildman–Crippen LogP) is 0.0224. The lowest BCUT2D eigenvalue weighted by atomic mass is 9.99. The molecule has 1 unspecified atom stereocenters. The number of primary amides is 1. The average Bonchev–Trinajstić information content (AvgIpc) is 2.16. The summed E-state index contributed by atoms with van der Waals surface area (Å²) >= 11 is 0. The molecule has 0 aliphatic carbocycles. The number of amides is 1. The molecule has 0 aromatic carbocycles. The summed E-state index contributed by atoms with van der Waals surface area (Å²) in [5.41, 5.74) is 9.76. The molecule has 5 nitrogen and oxygen atoms in total. The van der Waals surface area contributed by atoms with Crippen LogP contribution in [-0.4, -0.2) is 37.9 Å². The standard InChI is InChI=1S/C10H22N2O3/c1-3-5-14-7-8-15-6-4-10(2,12)9(11)13/h3-8,12H2,1-2H3,(H2,11,13). The van der Waals surface area contributed by atoms with Crippen molar-refractivity contribution in [1.82, 2.24) is 0 Å². The van der Waals surface area contributed by atoms with E-state index in [9.17, 15) is 4.79 Å². The lowest BCUT2D eigenvalue weighted by molar-refractivity contribution is -0.123. The maximum Gasteiger partial charge on any atom is 0.237 e. The molecule has 0 spiro atoms. The largest absolute Gasteiger partial charge is 0.379 e. The molecule has 0 radical (unpaired) electrons. The summed E-state index contributed by atoms with van der Waals surface area (Å²) in [5, 5.41) is 0. The van der Waals surface area contributed by atoms with E-state index in [1.807, 2.05) is 6.92 Å². The predicted molar refractivity (Wildman–Crippen MR) is 58.3 cm³/mol. The van der Waals surface area contributed by atoms with Crippen LogP contribution < -0.4 is 11.5 Å². The fourth-order valence-electron chi connectivity index (χ4n) is 0.874. The molecule has 1 amide bonds. The molecule has 0 aliphatic heterocycles. The van der Waals surface area contributed by atoms with Crippen molar-refractivity contribution < 1.29 is 14.3 Å². The fourth-order valence-corrected chi connectivity index (χ4v) is 0.874. The van der Waals surface area contributed by atoms with Crippen molar-refractivity contribution in [2.75, 3.05) is 26.4 Å². The first-order chi connectivity index (χ1) is 7.00. The number of ether oxygens (including phenoxy) is 2. The monoisotopic (exact) mass is 218 g/mol. The van der Waals surface area contributed by atoms with E-state index in [0.29, 0.717) is 26.2 Å². The van der Waals surface area contributed by atoms with Gasteiger partial charge in [0.1, 0.15) is 0 Å². The number of rotatable bonds is 9. The summed E-state index contributed by atoms with van der Waals surface area (Å²) in [6.45, 7) is 5.92. The van der Waals surface area contributed by atoms with E-state index < -0.39 is 11.4 Å². The van der Waals surface area contributed by atoms with Crippen LogP contribution in [0.15, 0.2) is 0 Å². The van der Waals surface area contributed by atoms with Crippen molar-refractivity contribution in [1.29, 1.82) is 0 Å². The number of carbonyl (C=O) groups excluding carboxylic acids is 1. The zero-order valence-corrected chi connectivity index (χ0v) is 9.62. The molecule has 0 aromatic rings. The highest BCUT2D eigenvalue weighted by atomic mass is 16.5. The molecule has 0 fully saturated rings. The van der Waals surface area contributed by atoms with Crippen molar-refractivity contribution in [3.8, 4) is 0 Å². The summed E-state index contributed by atoms with van der Waals surface area (Å²) in [7, 11) is 0. The Morgan fingerprint density at radius 3 is 2.20 bits per heavy atom. The molecule has 0 aliphatic rings. The molecule has 4 N–H and O–H groups in total. The lowest BCUT2D eigenvalue weighted by Crippen LogP contribution is -2.50. The summed E-state index contributed by atoms with van der Waals surface area (Å²) in [5.74, 6) is -0.506. The molecular formula is C10H22N2O3. The van der Waals surface area contributed by atoms with E-state index in [2.05, 4.69) is 0 Å². The zero-order chi connectivity index (χ0) is 11.7. The molecule has 0 rings (SSSR count). The smallest absolute Gasteiger partial charge is 0.237 e. The molecule has 0 saturated heterocycles. The van der Waals surface area contributed by atoms with Gasteiger partial charge in [0.25, 0.3) is 0 Å². The normalized spacial score (nSPS) is 14.9. The topological polar surface area (TPSA) is 87.6 Å². The maximum absolute atomic E-state index is 10.8. The second kappa shape index (κ2) is 7.62. The van der Waals surface area contributed by atoms with E-state index in [-0.39, 0.29) is 0 Å². The second-order valence-corrected chi connectivity index (χ2v) is 3.76. The van der Waals surface area contributed by atoms with Crippen molar-refractivity contribution in [2.24, 2.45) is 11.5 Å². The molecule has 0 bridgehead atoms. The van der Waals surface area contributed by atoms with Gasteiger partial charge in [0.2, 0.25) is 5.91 Å². The molecule has 5 heteroatoms. The van der Waals surface area contributed by atoms with E-state index in [1.54, 1.807) is 6.92 Å². The number of hydrogen-bond acceptors (Lipinski definition) is 4. The van der Waals surface area contributed by atoms with Crippen molar-refractivity contribution in [3.63, 3.8) is 0 Å². The minimum Gasteiger partial charge on any atom is -0.379 e. The molecule has 0 heterocycles.